The first kappa shape index (κ1) is 9.15. The molecule has 0 aromatic carbocycles. The molecule has 0 aliphatic rings. The Kier molecular flexibility index (Phi) is 2.44. The van der Waals surface area contributed by atoms with Crippen molar-refractivity contribution in [1.82, 2.24) is 15.0 Å². The van der Waals surface area contributed by atoms with E-state index in [1.807, 2.05) is 0 Å². The van der Waals surface area contributed by atoms with E-state index in [-0.39, 0.29) is 6.61 Å². The number of hydrogen-bond donors (Lipinski definition) is 2. The topological polar surface area (TPSA) is 71.2 Å². The van der Waals surface area contributed by atoms with Crippen molar-refractivity contribution in [2.75, 3.05) is 0 Å². The largest absolute Gasteiger partial charge is 0.390 e. The van der Waals surface area contributed by atoms with Crippen LogP contribution in [0.5, 0.6) is 0 Å². The minimum Gasteiger partial charge on any atom is -0.390 e. The van der Waals surface area contributed by atoms with Crippen molar-refractivity contribution in [2.24, 2.45) is 0 Å². The van der Waals surface area contributed by atoms with Crippen LogP contribution in [-0.2, 0) is 13.2 Å². The molecule has 0 saturated carbocycles. The van der Waals surface area contributed by atoms with Gasteiger partial charge in [0.25, 0.3) is 0 Å². The number of aromatic nitrogens is 3. The third-order valence-electron chi connectivity index (χ3n) is 1.30. The Morgan fingerprint density at radius 1 is 1.58 bits per heavy atom. The Hall–Kier alpha value is -0.940. The predicted octanol–water partition coefficient (Wildman–Crippen LogP) is -0.459. The average Bonchev–Trinajstić information content (AvgIpc) is 2.32. The summed E-state index contributed by atoms with van der Waals surface area (Å²) >= 11 is 0. The molecule has 1 heterocycles. The Morgan fingerprint density at radius 3 is 2.67 bits per heavy atom. The quantitative estimate of drug-likeness (QED) is 0.645. The maximum Gasteiger partial charge on any atom is 0.108 e. The van der Waals surface area contributed by atoms with E-state index in [1.54, 1.807) is 20.0 Å². The van der Waals surface area contributed by atoms with Gasteiger partial charge in [-0.05, 0) is 13.8 Å². The molecule has 0 fully saturated rings. The Labute approximate surface area is 70.6 Å². The summed E-state index contributed by atoms with van der Waals surface area (Å²) in [5, 5.41) is 25.5. The van der Waals surface area contributed by atoms with Crippen LogP contribution in [0.3, 0.4) is 0 Å². The van der Waals surface area contributed by atoms with Gasteiger partial charge in [-0.2, -0.15) is 0 Å². The molecule has 1 aromatic rings. The maximum atomic E-state index is 9.40. The van der Waals surface area contributed by atoms with Crippen LogP contribution < -0.4 is 0 Å². The molecule has 2 N–H and O–H groups in total. The van der Waals surface area contributed by atoms with Crippen molar-refractivity contribution < 1.29 is 10.2 Å². The fourth-order valence-corrected chi connectivity index (χ4v) is 0.885. The zero-order valence-corrected chi connectivity index (χ0v) is 7.23. The molecule has 5 heteroatoms. The normalized spacial score (nSPS) is 12.0. The third-order valence-corrected chi connectivity index (χ3v) is 1.30. The van der Waals surface area contributed by atoms with E-state index in [0.717, 1.165) is 0 Å². The predicted molar refractivity (Wildman–Crippen MR) is 42.2 cm³/mol. The highest BCUT2D eigenvalue weighted by Crippen LogP contribution is 2.04. The van der Waals surface area contributed by atoms with Gasteiger partial charge in [-0.1, -0.05) is 5.21 Å². The van der Waals surface area contributed by atoms with Gasteiger partial charge in [0.05, 0.1) is 24.9 Å². The number of aliphatic hydroxyl groups excluding tert-OH is 1. The molecule has 0 unspecified atom stereocenters. The second kappa shape index (κ2) is 3.20. The van der Waals surface area contributed by atoms with Crippen molar-refractivity contribution in [2.45, 2.75) is 32.6 Å². The summed E-state index contributed by atoms with van der Waals surface area (Å²) in [5.74, 6) is 0. The van der Waals surface area contributed by atoms with Crippen LogP contribution in [0.4, 0.5) is 0 Å². The van der Waals surface area contributed by atoms with E-state index < -0.39 is 5.60 Å². The molecule has 5 nitrogen and oxygen atoms in total. The second-order valence-corrected chi connectivity index (χ2v) is 3.38. The molecule has 0 aliphatic heterocycles. The standard InChI is InChI=1S/C7H13N3O2/c1-7(2,12)5-10-3-6(4-11)8-9-10/h3,11-12H,4-5H2,1-2H3. The van der Waals surface area contributed by atoms with Crippen LogP contribution in [0.2, 0.25) is 0 Å². The lowest BCUT2D eigenvalue weighted by Gasteiger charge is -2.15. The fourth-order valence-electron chi connectivity index (χ4n) is 0.885. The van der Waals surface area contributed by atoms with E-state index in [1.165, 1.54) is 4.68 Å². The van der Waals surface area contributed by atoms with E-state index in [0.29, 0.717) is 12.2 Å². The van der Waals surface area contributed by atoms with Crippen LogP contribution in [0.1, 0.15) is 19.5 Å². The summed E-state index contributed by atoms with van der Waals surface area (Å²) in [6.45, 7) is 3.63. The molecule has 0 atom stereocenters. The zero-order valence-electron chi connectivity index (χ0n) is 7.23. The van der Waals surface area contributed by atoms with Crippen molar-refractivity contribution in [1.29, 1.82) is 0 Å². The first-order valence-corrected chi connectivity index (χ1v) is 3.73. The molecular weight excluding hydrogens is 158 g/mol. The van der Waals surface area contributed by atoms with Gasteiger partial charge in [0.15, 0.2) is 0 Å². The minimum atomic E-state index is -0.805. The van der Waals surface area contributed by atoms with Crippen LogP contribution in [-0.4, -0.2) is 30.8 Å². The molecule has 0 bridgehead atoms. The van der Waals surface area contributed by atoms with Crippen molar-refractivity contribution in [3.8, 4) is 0 Å². The molecule has 1 rings (SSSR count). The van der Waals surface area contributed by atoms with Crippen LogP contribution >= 0.6 is 0 Å². The Bertz CT molecular complexity index is 251. The minimum absolute atomic E-state index is 0.119. The summed E-state index contributed by atoms with van der Waals surface area (Å²) in [5.41, 5.74) is -0.292. The zero-order chi connectivity index (χ0) is 9.19. The fraction of sp³-hybridized carbons (Fsp3) is 0.714. The van der Waals surface area contributed by atoms with Crippen molar-refractivity contribution in [3.05, 3.63) is 11.9 Å². The highest BCUT2D eigenvalue weighted by atomic mass is 16.3. The second-order valence-electron chi connectivity index (χ2n) is 3.38. The van der Waals surface area contributed by atoms with E-state index >= 15 is 0 Å². The summed E-state index contributed by atoms with van der Waals surface area (Å²) < 4.78 is 1.51. The summed E-state index contributed by atoms with van der Waals surface area (Å²) in [7, 11) is 0. The highest BCUT2D eigenvalue weighted by Gasteiger charge is 2.14. The Balaban J connectivity index is 2.64. The van der Waals surface area contributed by atoms with Crippen molar-refractivity contribution in [3.63, 3.8) is 0 Å². The van der Waals surface area contributed by atoms with Gasteiger partial charge in [-0.25, -0.2) is 4.68 Å². The SMILES string of the molecule is CC(C)(O)Cn1cc(CO)nn1. The number of rotatable bonds is 3. The van der Waals surface area contributed by atoms with Crippen molar-refractivity contribution >= 4 is 0 Å². The van der Waals surface area contributed by atoms with E-state index in [9.17, 15) is 5.11 Å². The van der Waals surface area contributed by atoms with E-state index in [4.69, 9.17) is 5.11 Å². The smallest absolute Gasteiger partial charge is 0.108 e. The molecule has 0 amide bonds. The molecule has 1 aromatic heterocycles. The van der Waals surface area contributed by atoms with Gasteiger partial charge in [0, 0.05) is 0 Å². The maximum absolute atomic E-state index is 9.40. The van der Waals surface area contributed by atoms with Crippen LogP contribution in [0.25, 0.3) is 0 Å². The summed E-state index contributed by atoms with van der Waals surface area (Å²) in [6.07, 6.45) is 1.61. The van der Waals surface area contributed by atoms with E-state index in [2.05, 4.69) is 10.3 Å². The first-order chi connectivity index (χ1) is 5.51. The first-order valence-electron chi connectivity index (χ1n) is 3.73. The molecule has 0 aliphatic carbocycles. The van der Waals surface area contributed by atoms with Gasteiger partial charge < -0.3 is 10.2 Å². The van der Waals surface area contributed by atoms with Gasteiger partial charge in [-0.15, -0.1) is 5.10 Å². The molecular formula is C7H13N3O2. The van der Waals surface area contributed by atoms with Crippen LogP contribution in [0, 0.1) is 0 Å². The van der Waals surface area contributed by atoms with Gasteiger partial charge in [-0.3, -0.25) is 0 Å². The summed E-state index contributed by atoms with van der Waals surface area (Å²) in [6, 6.07) is 0. The lowest BCUT2D eigenvalue weighted by Crippen LogP contribution is -2.26. The lowest BCUT2D eigenvalue weighted by molar-refractivity contribution is 0.0571. The molecule has 68 valence electrons. The van der Waals surface area contributed by atoms with Crippen LogP contribution in [0.15, 0.2) is 6.20 Å². The number of nitrogens with zero attached hydrogens (tertiary/aromatic N) is 3. The van der Waals surface area contributed by atoms with Gasteiger partial charge in [0.2, 0.25) is 0 Å². The summed E-state index contributed by atoms with van der Waals surface area (Å²) in [4.78, 5) is 0. The molecule has 12 heavy (non-hydrogen) atoms. The van der Waals surface area contributed by atoms with Gasteiger partial charge in [0.1, 0.15) is 5.69 Å². The molecule has 0 radical (unpaired) electrons. The molecule has 0 saturated heterocycles. The molecule has 0 spiro atoms. The van der Waals surface area contributed by atoms with Gasteiger partial charge >= 0.3 is 0 Å². The lowest BCUT2D eigenvalue weighted by atomic mass is 10.1. The average molecular weight is 171 g/mol. The third kappa shape index (κ3) is 2.60. The number of hydrogen-bond acceptors (Lipinski definition) is 4. The number of aliphatic hydroxyl groups is 2. The highest BCUT2D eigenvalue weighted by molar-refractivity contribution is 4.89. The Morgan fingerprint density at radius 2 is 2.25 bits per heavy atom. The monoisotopic (exact) mass is 171 g/mol.